The van der Waals surface area contributed by atoms with Crippen molar-refractivity contribution in [3.05, 3.63) is 12.7 Å². The average molecular weight is 278 g/mol. The van der Waals surface area contributed by atoms with Gasteiger partial charge in [-0.3, -0.25) is 4.79 Å². The van der Waals surface area contributed by atoms with E-state index in [1.807, 2.05) is 9.58 Å². The summed E-state index contributed by atoms with van der Waals surface area (Å²) in [5, 5.41) is 4.21. The molecule has 5 nitrogen and oxygen atoms in total. The lowest BCUT2D eigenvalue weighted by Gasteiger charge is -2.34. The van der Waals surface area contributed by atoms with Crippen LogP contribution in [0.4, 0.5) is 0 Å². The van der Waals surface area contributed by atoms with Gasteiger partial charge in [0.15, 0.2) is 0 Å². The van der Waals surface area contributed by atoms with Crippen molar-refractivity contribution in [2.24, 2.45) is 11.8 Å². The van der Waals surface area contributed by atoms with E-state index in [-0.39, 0.29) is 6.04 Å². The number of aromatic nitrogens is 3. The molecule has 0 N–H and O–H groups in total. The maximum absolute atomic E-state index is 12.5. The van der Waals surface area contributed by atoms with Gasteiger partial charge in [0, 0.05) is 19.5 Å². The van der Waals surface area contributed by atoms with Crippen LogP contribution in [-0.4, -0.2) is 38.7 Å². The van der Waals surface area contributed by atoms with Gasteiger partial charge in [0.2, 0.25) is 5.91 Å². The molecule has 2 heterocycles. The number of nitrogens with zero attached hydrogens (tertiary/aromatic N) is 4. The van der Waals surface area contributed by atoms with Crippen LogP contribution in [0.25, 0.3) is 0 Å². The Hall–Kier alpha value is -1.39. The molecule has 0 spiro atoms. The number of rotatable bonds is 5. The first kappa shape index (κ1) is 15.0. The second kappa shape index (κ2) is 6.86. The molecule has 20 heavy (non-hydrogen) atoms. The summed E-state index contributed by atoms with van der Waals surface area (Å²) in [6.07, 6.45) is 7.19. The van der Waals surface area contributed by atoms with E-state index in [9.17, 15) is 4.79 Å². The molecule has 0 radical (unpaired) electrons. The first-order valence-electron chi connectivity index (χ1n) is 7.73. The van der Waals surface area contributed by atoms with E-state index in [1.165, 1.54) is 0 Å². The number of likely N-dealkylation sites (tertiary alicyclic amines) is 1. The van der Waals surface area contributed by atoms with Crippen LogP contribution in [0.2, 0.25) is 0 Å². The van der Waals surface area contributed by atoms with Crippen LogP contribution in [0.1, 0.15) is 52.5 Å². The number of carbonyl (C=O) groups is 1. The Morgan fingerprint density at radius 3 is 2.85 bits per heavy atom. The largest absolute Gasteiger partial charge is 0.341 e. The highest BCUT2D eigenvalue weighted by Crippen LogP contribution is 2.24. The zero-order chi connectivity index (χ0) is 14.5. The molecule has 1 aromatic rings. The second-order valence-electron chi connectivity index (χ2n) is 6.13. The molecule has 2 atom stereocenters. The molecule has 0 saturated carbocycles. The van der Waals surface area contributed by atoms with Gasteiger partial charge in [0.1, 0.15) is 12.7 Å². The summed E-state index contributed by atoms with van der Waals surface area (Å²) in [4.78, 5) is 18.5. The summed E-state index contributed by atoms with van der Waals surface area (Å²) >= 11 is 0. The van der Waals surface area contributed by atoms with Crippen molar-refractivity contribution < 1.29 is 4.79 Å². The predicted molar refractivity (Wildman–Crippen MR) is 78.1 cm³/mol. The lowest BCUT2D eigenvalue weighted by molar-refractivity contribution is -0.134. The van der Waals surface area contributed by atoms with Crippen LogP contribution in [0.3, 0.4) is 0 Å². The molecule has 112 valence electrons. The Labute approximate surface area is 121 Å². The van der Waals surface area contributed by atoms with E-state index in [2.05, 4.69) is 30.9 Å². The number of piperidine rings is 1. The standard InChI is InChI=1S/C15H26N4O/c1-4-13(12(2)3)8-15(20)18-7-5-6-14(9-18)19-11-16-10-17-19/h10-14H,4-9H2,1-3H3/t13-,14+/m0/s1. The van der Waals surface area contributed by atoms with E-state index in [1.54, 1.807) is 12.7 Å². The van der Waals surface area contributed by atoms with Gasteiger partial charge in [-0.25, -0.2) is 9.67 Å². The summed E-state index contributed by atoms with van der Waals surface area (Å²) in [5.41, 5.74) is 0. The molecule has 1 fully saturated rings. The molecule has 1 amide bonds. The number of carbonyl (C=O) groups excluding carboxylic acids is 1. The minimum absolute atomic E-state index is 0.286. The highest BCUT2D eigenvalue weighted by molar-refractivity contribution is 5.76. The van der Waals surface area contributed by atoms with E-state index < -0.39 is 0 Å². The van der Waals surface area contributed by atoms with Gasteiger partial charge in [-0.05, 0) is 24.7 Å². The zero-order valence-corrected chi connectivity index (χ0v) is 12.8. The molecular weight excluding hydrogens is 252 g/mol. The fourth-order valence-electron chi connectivity index (χ4n) is 3.01. The molecule has 2 rings (SSSR count). The third-order valence-corrected chi connectivity index (χ3v) is 4.46. The van der Waals surface area contributed by atoms with Crippen LogP contribution >= 0.6 is 0 Å². The summed E-state index contributed by atoms with van der Waals surface area (Å²) in [6, 6.07) is 0.286. The lowest BCUT2D eigenvalue weighted by atomic mass is 9.89. The van der Waals surface area contributed by atoms with E-state index in [0.717, 1.165) is 32.4 Å². The Balaban J connectivity index is 1.93. The van der Waals surface area contributed by atoms with Crippen molar-refractivity contribution >= 4 is 5.91 Å². The van der Waals surface area contributed by atoms with Gasteiger partial charge >= 0.3 is 0 Å². The molecule has 0 aliphatic carbocycles. The van der Waals surface area contributed by atoms with Crippen molar-refractivity contribution in [1.82, 2.24) is 19.7 Å². The maximum atomic E-state index is 12.5. The number of hydrogen-bond acceptors (Lipinski definition) is 3. The van der Waals surface area contributed by atoms with E-state index >= 15 is 0 Å². The smallest absolute Gasteiger partial charge is 0.222 e. The van der Waals surface area contributed by atoms with Crippen molar-refractivity contribution in [3.63, 3.8) is 0 Å². The summed E-state index contributed by atoms with van der Waals surface area (Å²) in [7, 11) is 0. The fourth-order valence-corrected chi connectivity index (χ4v) is 3.01. The maximum Gasteiger partial charge on any atom is 0.222 e. The van der Waals surface area contributed by atoms with E-state index in [0.29, 0.717) is 24.2 Å². The first-order chi connectivity index (χ1) is 9.61. The van der Waals surface area contributed by atoms with Gasteiger partial charge in [-0.15, -0.1) is 0 Å². The monoisotopic (exact) mass is 278 g/mol. The minimum Gasteiger partial charge on any atom is -0.341 e. The zero-order valence-electron chi connectivity index (χ0n) is 12.8. The Morgan fingerprint density at radius 2 is 2.25 bits per heavy atom. The molecule has 0 aromatic carbocycles. The summed E-state index contributed by atoms with van der Waals surface area (Å²) in [6.45, 7) is 8.24. The van der Waals surface area contributed by atoms with Crippen LogP contribution in [0.15, 0.2) is 12.7 Å². The highest BCUT2D eigenvalue weighted by Gasteiger charge is 2.27. The third-order valence-electron chi connectivity index (χ3n) is 4.46. The van der Waals surface area contributed by atoms with Crippen molar-refractivity contribution in [2.75, 3.05) is 13.1 Å². The van der Waals surface area contributed by atoms with Crippen LogP contribution in [-0.2, 0) is 4.79 Å². The topological polar surface area (TPSA) is 51.0 Å². The summed E-state index contributed by atoms with van der Waals surface area (Å²) in [5.74, 6) is 1.37. The molecule has 1 saturated heterocycles. The Kier molecular flexibility index (Phi) is 5.15. The van der Waals surface area contributed by atoms with E-state index in [4.69, 9.17) is 0 Å². The molecule has 1 aromatic heterocycles. The average Bonchev–Trinajstić information content (AvgIpc) is 2.98. The predicted octanol–water partition coefficient (Wildman–Crippen LogP) is 2.51. The van der Waals surface area contributed by atoms with Crippen LogP contribution < -0.4 is 0 Å². The minimum atomic E-state index is 0.286. The van der Waals surface area contributed by atoms with Crippen LogP contribution in [0.5, 0.6) is 0 Å². The SMILES string of the molecule is CC[C@@H](CC(=O)N1CCC[C@@H](n2cncn2)C1)C(C)C. The Bertz CT molecular complexity index is 416. The number of amides is 1. The first-order valence-corrected chi connectivity index (χ1v) is 7.73. The molecule has 0 bridgehead atoms. The van der Waals surface area contributed by atoms with Gasteiger partial charge in [-0.2, -0.15) is 5.10 Å². The van der Waals surface area contributed by atoms with Gasteiger partial charge in [0.25, 0.3) is 0 Å². The third kappa shape index (κ3) is 3.58. The molecule has 5 heteroatoms. The van der Waals surface area contributed by atoms with Gasteiger partial charge in [0.05, 0.1) is 6.04 Å². The second-order valence-corrected chi connectivity index (χ2v) is 6.13. The molecule has 0 unspecified atom stereocenters. The quantitative estimate of drug-likeness (QED) is 0.831. The molecule has 1 aliphatic rings. The fraction of sp³-hybridized carbons (Fsp3) is 0.800. The lowest BCUT2D eigenvalue weighted by Crippen LogP contribution is -2.41. The molecule has 1 aliphatic heterocycles. The Morgan fingerprint density at radius 1 is 1.45 bits per heavy atom. The summed E-state index contributed by atoms with van der Waals surface area (Å²) < 4.78 is 1.89. The van der Waals surface area contributed by atoms with Crippen LogP contribution in [0, 0.1) is 11.8 Å². The number of hydrogen-bond donors (Lipinski definition) is 0. The highest BCUT2D eigenvalue weighted by atomic mass is 16.2. The van der Waals surface area contributed by atoms with Crippen molar-refractivity contribution in [3.8, 4) is 0 Å². The van der Waals surface area contributed by atoms with Gasteiger partial charge in [-0.1, -0.05) is 27.2 Å². The van der Waals surface area contributed by atoms with Crippen molar-refractivity contribution in [2.45, 2.75) is 52.5 Å². The molecular formula is C15H26N4O. The van der Waals surface area contributed by atoms with Crippen molar-refractivity contribution in [1.29, 1.82) is 0 Å². The normalized spacial score (nSPS) is 21.2. The van der Waals surface area contributed by atoms with Gasteiger partial charge < -0.3 is 4.90 Å².